The maximum absolute atomic E-state index is 11.5. The molecule has 100 valence electrons. The van der Waals surface area contributed by atoms with Crippen molar-refractivity contribution in [2.75, 3.05) is 27.2 Å². The molecular weight excluding hydrogens is 238 g/mol. The van der Waals surface area contributed by atoms with Crippen molar-refractivity contribution in [3.63, 3.8) is 0 Å². The molecule has 1 aromatic rings. The van der Waals surface area contributed by atoms with E-state index in [0.717, 1.165) is 30.6 Å². The van der Waals surface area contributed by atoms with Crippen LogP contribution >= 0.6 is 0 Å². The van der Waals surface area contributed by atoms with E-state index in [9.17, 15) is 9.59 Å². The summed E-state index contributed by atoms with van der Waals surface area (Å²) < 4.78 is 10.6. The molecule has 0 bridgehead atoms. The molecule has 0 radical (unpaired) electrons. The van der Waals surface area contributed by atoms with Gasteiger partial charge in [-0.15, -0.1) is 5.10 Å². The standard InChI is InChI=1S/C11H17N3O4/c1-13-5-3-8(4-6-13)10-12-14(11(16)18-10)7-9(15)17-2/h8H,3-7H2,1-2H3. The second-order valence-electron chi connectivity index (χ2n) is 4.52. The Labute approximate surface area is 104 Å². The van der Waals surface area contributed by atoms with Crippen LogP contribution in [0.1, 0.15) is 24.7 Å². The van der Waals surface area contributed by atoms with Crippen molar-refractivity contribution in [1.29, 1.82) is 0 Å². The molecule has 18 heavy (non-hydrogen) atoms. The summed E-state index contributed by atoms with van der Waals surface area (Å²) in [5.74, 6) is -0.528. The van der Waals surface area contributed by atoms with E-state index >= 15 is 0 Å². The Morgan fingerprint density at radius 2 is 2.17 bits per heavy atom. The average molecular weight is 255 g/mol. The van der Waals surface area contributed by atoms with Crippen LogP contribution < -0.4 is 5.76 Å². The fraction of sp³-hybridized carbons (Fsp3) is 0.727. The van der Waals surface area contributed by atoms with E-state index in [1.807, 2.05) is 0 Å². The zero-order valence-corrected chi connectivity index (χ0v) is 10.6. The molecule has 0 aromatic carbocycles. The number of ether oxygens (including phenoxy) is 1. The molecule has 1 aliphatic heterocycles. The van der Waals surface area contributed by atoms with Crippen LogP contribution in [0.25, 0.3) is 0 Å². The van der Waals surface area contributed by atoms with E-state index in [0.29, 0.717) is 5.89 Å². The number of carbonyl (C=O) groups is 1. The molecule has 1 saturated heterocycles. The fourth-order valence-electron chi connectivity index (χ4n) is 2.03. The van der Waals surface area contributed by atoms with E-state index in [1.54, 1.807) is 0 Å². The summed E-state index contributed by atoms with van der Waals surface area (Å²) in [5.41, 5.74) is 0. The predicted molar refractivity (Wildman–Crippen MR) is 62.3 cm³/mol. The molecule has 1 aliphatic rings. The zero-order chi connectivity index (χ0) is 13.1. The van der Waals surface area contributed by atoms with Gasteiger partial charge in [-0.05, 0) is 33.0 Å². The van der Waals surface area contributed by atoms with Gasteiger partial charge in [0, 0.05) is 5.92 Å². The summed E-state index contributed by atoms with van der Waals surface area (Å²) in [7, 11) is 3.33. The summed E-state index contributed by atoms with van der Waals surface area (Å²) in [6.45, 7) is 1.71. The van der Waals surface area contributed by atoms with E-state index in [2.05, 4.69) is 21.8 Å². The quantitative estimate of drug-likeness (QED) is 0.697. The van der Waals surface area contributed by atoms with Gasteiger partial charge >= 0.3 is 11.7 Å². The lowest BCUT2D eigenvalue weighted by molar-refractivity contribution is -0.141. The lowest BCUT2D eigenvalue weighted by Gasteiger charge is -2.26. The lowest BCUT2D eigenvalue weighted by Crippen LogP contribution is -2.29. The number of hydrogen-bond acceptors (Lipinski definition) is 6. The Kier molecular flexibility index (Phi) is 3.81. The highest BCUT2D eigenvalue weighted by molar-refractivity contribution is 5.68. The van der Waals surface area contributed by atoms with Crippen LogP contribution in [-0.4, -0.2) is 47.9 Å². The van der Waals surface area contributed by atoms with Crippen LogP contribution in [0.3, 0.4) is 0 Å². The van der Waals surface area contributed by atoms with Gasteiger partial charge in [-0.1, -0.05) is 0 Å². The minimum absolute atomic E-state index is 0.160. The molecule has 2 rings (SSSR count). The highest BCUT2D eigenvalue weighted by Crippen LogP contribution is 2.24. The molecule has 2 heterocycles. The molecular formula is C11H17N3O4. The van der Waals surface area contributed by atoms with E-state index in [1.165, 1.54) is 7.11 Å². The molecule has 0 unspecified atom stereocenters. The second-order valence-corrected chi connectivity index (χ2v) is 4.52. The van der Waals surface area contributed by atoms with E-state index in [4.69, 9.17) is 4.42 Å². The number of aromatic nitrogens is 2. The number of likely N-dealkylation sites (tertiary alicyclic amines) is 1. The fourth-order valence-corrected chi connectivity index (χ4v) is 2.03. The number of piperidine rings is 1. The van der Waals surface area contributed by atoms with Gasteiger partial charge in [-0.25, -0.2) is 4.79 Å². The van der Waals surface area contributed by atoms with Gasteiger partial charge in [0.2, 0.25) is 5.89 Å². The molecule has 1 aromatic heterocycles. The van der Waals surface area contributed by atoms with Crippen molar-refractivity contribution < 1.29 is 13.9 Å². The Bertz CT molecular complexity index is 471. The first-order chi connectivity index (χ1) is 8.60. The van der Waals surface area contributed by atoms with Crippen LogP contribution in [0.2, 0.25) is 0 Å². The summed E-state index contributed by atoms with van der Waals surface area (Å²) in [4.78, 5) is 24.8. The Hall–Kier alpha value is -1.63. The van der Waals surface area contributed by atoms with Crippen LogP contribution in [0.4, 0.5) is 0 Å². The van der Waals surface area contributed by atoms with Crippen LogP contribution in [0.5, 0.6) is 0 Å². The van der Waals surface area contributed by atoms with E-state index < -0.39 is 11.7 Å². The molecule has 7 nitrogen and oxygen atoms in total. The zero-order valence-electron chi connectivity index (χ0n) is 10.6. The lowest BCUT2D eigenvalue weighted by atomic mass is 9.97. The van der Waals surface area contributed by atoms with Gasteiger partial charge in [0.25, 0.3) is 0 Å². The second kappa shape index (κ2) is 5.34. The van der Waals surface area contributed by atoms with Crippen molar-refractivity contribution in [3.8, 4) is 0 Å². The molecule has 0 spiro atoms. The first-order valence-corrected chi connectivity index (χ1v) is 5.93. The number of nitrogens with zero attached hydrogens (tertiary/aromatic N) is 3. The summed E-state index contributed by atoms with van der Waals surface area (Å²) >= 11 is 0. The van der Waals surface area contributed by atoms with Gasteiger partial charge < -0.3 is 14.1 Å². The van der Waals surface area contributed by atoms with Crippen molar-refractivity contribution in [3.05, 3.63) is 16.4 Å². The molecule has 1 fully saturated rings. The van der Waals surface area contributed by atoms with Gasteiger partial charge in [-0.2, -0.15) is 4.68 Å². The third kappa shape index (κ3) is 2.79. The average Bonchev–Trinajstić information content (AvgIpc) is 2.71. The molecule has 0 N–H and O–H groups in total. The van der Waals surface area contributed by atoms with Crippen LogP contribution in [0.15, 0.2) is 9.21 Å². The highest BCUT2D eigenvalue weighted by Gasteiger charge is 2.24. The smallest absolute Gasteiger partial charge is 0.437 e. The normalized spacial score (nSPS) is 17.9. The summed E-state index contributed by atoms with van der Waals surface area (Å²) in [5, 5.41) is 4.06. The van der Waals surface area contributed by atoms with Gasteiger partial charge in [0.1, 0.15) is 6.54 Å². The minimum atomic E-state index is -0.602. The summed E-state index contributed by atoms with van der Waals surface area (Å²) in [6, 6.07) is 0. The van der Waals surface area contributed by atoms with Crippen LogP contribution in [0, 0.1) is 0 Å². The maximum atomic E-state index is 11.5. The Morgan fingerprint density at radius 1 is 1.50 bits per heavy atom. The van der Waals surface area contributed by atoms with Gasteiger partial charge in [0.15, 0.2) is 0 Å². The number of carbonyl (C=O) groups excluding carboxylic acids is 1. The van der Waals surface area contributed by atoms with Crippen molar-refractivity contribution in [2.45, 2.75) is 25.3 Å². The number of esters is 1. The number of hydrogen-bond donors (Lipinski definition) is 0. The molecule has 0 atom stereocenters. The number of methoxy groups -OCH3 is 1. The topological polar surface area (TPSA) is 77.6 Å². The first kappa shape index (κ1) is 12.8. The van der Waals surface area contributed by atoms with Crippen molar-refractivity contribution in [1.82, 2.24) is 14.7 Å². The summed E-state index contributed by atoms with van der Waals surface area (Å²) in [6.07, 6.45) is 1.82. The monoisotopic (exact) mass is 255 g/mol. The molecule has 0 saturated carbocycles. The predicted octanol–water partition coefficient (Wildman–Crippen LogP) is -0.181. The maximum Gasteiger partial charge on any atom is 0.437 e. The third-order valence-electron chi connectivity index (χ3n) is 3.20. The number of rotatable bonds is 3. The SMILES string of the molecule is COC(=O)Cn1nc(C2CCN(C)CC2)oc1=O. The van der Waals surface area contributed by atoms with E-state index in [-0.39, 0.29) is 12.5 Å². The molecule has 0 amide bonds. The Morgan fingerprint density at radius 3 is 2.78 bits per heavy atom. The highest BCUT2D eigenvalue weighted by atomic mass is 16.5. The molecule has 0 aliphatic carbocycles. The third-order valence-corrected chi connectivity index (χ3v) is 3.20. The molecule has 7 heteroatoms. The minimum Gasteiger partial charge on any atom is -0.468 e. The van der Waals surface area contributed by atoms with Gasteiger partial charge in [-0.3, -0.25) is 4.79 Å². The first-order valence-electron chi connectivity index (χ1n) is 5.93. The Balaban J connectivity index is 2.08. The van der Waals surface area contributed by atoms with Crippen LogP contribution in [-0.2, 0) is 16.1 Å². The largest absolute Gasteiger partial charge is 0.468 e. The van der Waals surface area contributed by atoms with Crippen molar-refractivity contribution >= 4 is 5.97 Å². The van der Waals surface area contributed by atoms with Gasteiger partial charge in [0.05, 0.1) is 7.11 Å². The van der Waals surface area contributed by atoms with Crippen molar-refractivity contribution in [2.24, 2.45) is 0 Å².